The van der Waals surface area contributed by atoms with E-state index in [1.807, 2.05) is 17.9 Å². The molecule has 0 atom stereocenters. The maximum atomic E-state index is 12.8. The Bertz CT molecular complexity index is 1310. The highest BCUT2D eigenvalue weighted by Gasteiger charge is 2.26. The molecular formula is C20H22N6O4S. The van der Waals surface area contributed by atoms with E-state index in [-0.39, 0.29) is 23.9 Å². The number of hydrogen-bond donors (Lipinski definition) is 2. The van der Waals surface area contributed by atoms with Gasteiger partial charge in [-0.1, -0.05) is 0 Å². The summed E-state index contributed by atoms with van der Waals surface area (Å²) in [5.74, 6) is -0.296. The highest BCUT2D eigenvalue weighted by atomic mass is 32.1. The number of pyridine rings is 1. The van der Waals surface area contributed by atoms with Gasteiger partial charge in [-0.25, -0.2) is 9.78 Å². The quantitative estimate of drug-likeness (QED) is 0.596. The van der Waals surface area contributed by atoms with Gasteiger partial charge in [0.15, 0.2) is 0 Å². The normalized spacial score (nSPS) is 14.4. The summed E-state index contributed by atoms with van der Waals surface area (Å²) in [4.78, 5) is 60.2. The highest BCUT2D eigenvalue weighted by molar-refractivity contribution is 7.18. The van der Waals surface area contributed by atoms with Gasteiger partial charge < -0.3 is 20.1 Å². The van der Waals surface area contributed by atoms with Crippen LogP contribution in [0.2, 0.25) is 0 Å². The summed E-state index contributed by atoms with van der Waals surface area (Å²) in [6, 6.07) is 5.22. The number of nitrogens with one attached hydrogen (secondary N) is 2. The molecule has 1 aliphatic rings. The third-order valence-corrected chi connectivity index (χ3v) is 6.46. The number of carbonyl (C=O) groups excluding carboxylic acids is 2. The highest BCUT2D eigenvalue weighted by Crippen LogP contribution is 2.24. The predicted octanol–water partition coefficient (Wildman–Crippen LogP) is 0.200. The number of aromatic amines is 1. The van der Waals surface area contributed by atoms with Crippen LogP contribution in [-0.4, -0.2) is 57.9 Å². The zero-order chi connectivity index (χ0) is 22.3. The van der Waals surface area contributed by atoms with Gasteiger partial charge >= 0.3 is 5.69 Å². The summed E-state index contributed by atoms with van der Waals surface area (Å²) in [5, 5.41) is 2.55. The summed E-state index contributed by atoms with van der Waals surface area (Å²) in [6.45, 7) is 3.53. The van der Waals surface area contributed by atoms with E-state index in [2.05, 4.69) is 15.3 Å². The summed E-state index contributed by atoms with van der Waals surface area (Å²) >= 11 is 1.29. The SMILES string of the molecule is CNC(=O)c1ccc(N2CCN(Cc3cc4[nH]c(=O)n(C)c(=O)c4s3)C(=O)C2)c(C)n1. The monoisotopic (exact) mass is 442 g/mol. The molecule has 4 rings (SSSR count). The van der Waals surface area contributed by atoms with Crippen LogP contribution in [0.1, 0.15) is 21.1 Å². The van der Waals surface area contributed by atoms with E-state index in [0.717, 1.165) is 15.1 Å². The van der Waals surface area contributed by atoms with Crippen LogP contribution >= 0.6 is 11.3 Å². The molecule has 0 spiro atoms. The zero-order valence-electron chi connectivity index (χ0n) is 17.4. The van der Waals surface area contributed by atoms with E-state index in [9.17, 15) is 19.2 Å². The number of fused-ring (bicyclic) bond motifs is 1. The first-order valence-corrected chi connectivity index (χ1v) is 10.5. The molecule has 3 aromatic heterocycles. The van der Waals surface area contributed by atoms with E-state index in [1.54, 1.807) is 24.1 Å². The number of hydrogen-bond acceptors (Lipinski definition) is 7. The number of aromatic nitrogens is 3. The van der Waals surface area contributed by atoms with E-state index in [0.29, 0.717) is 41.2 Å². The van der Waals surface area contributed by atoms with Gasteiger partial charge in [-0.3, -0.25) is 19.0 Å². The predicted molar refractivity (Wildman–Crippen MR) is 118 cm³/mol. The molecule has 2 N–H and O–H groups in total. The lowest BCUT2D eigenvalue weighted by Gasteiger charge is -2.36. The molecule has 0 bridgehead atoms. The molecule has 3 aromatic rings. The summed E-state index contributed by atoms with van der Waals surface area (Å²) in [7, 11) is 2.98. The molecule has 1 aliphatic heterocycles. The van der Waals surface area contributed by atoms with Crippen molar-refractivity contribution in [3.8, 4) is 0 Å². The molecule has 2 amide bonds. The first-order valence-electron chi connectivity index (χ1n) is 9.72. The number of carbonyl (C=O) groups is 2. The smallest absolute Gasteiger partial charge is 0.328 e. The minimum absolute atomic E-state index is 0.0418. The number of amides is 2. The summed E-state index contributed by atoms with van der Waals surface area (Å²) in [5.41, 5.74) is 1.54. The van der Waals surface area contributed by atoms with Crippen LogP contribution in [0.25, 0.3) is 10.2 Å². The molecule has 0 aromatic carbocycles. The maximum absolute atomic E-state index is 12.8. The van der Waals surface area contributed by atoms with Crippen molar-refractivity contribution in [3.63, 3.8) is 0 Å². The van der Waals surface area contributed by atoms with Gasteiger partial charge in [0, 0.05) is 32.1 Å². The van der Waals surface area contributed by atoms with Gasteiger partial charge in [-0.2, -0.15) is 0 Å². The van der Waals surface area contributed by atoms with E-state index < -0.39 is 5.69 Å². The third-order valence-electron chi connectivity index (χ3n) is 5.35. The Morgan fingerprint density at radius 2 is 2.03 bits per heavy atom. The van der Waals surface area contributed by atoms with Crippen molar-refractivity contribution in [2.24, 2.45) is 7.05 Å². The maximum Gasteiger partial charge on any atom is 0.328 e. The van der Waals surface area contributed by atoms with Gasteiger partial charge in [0.25, 0.3) is 11.5 Å². The first kappa shape index (κ1) is 20.8. The Morgan fingerprint density at radius 3 is 2.71 bits per heavy atom. The van der Waals surface area contributed by atoms with Crippen LogP contribution in [0.4, 0.5) is 5.69 Å². The molecule has 11 heteroatoms. The molecule has 1 saturated heterocycles. The van der Waals surface area contributed by atoms with E-state index >= 15 is 0 Å². The average molecular weight is 443 g/mol. The molecule has 10 nitrogen and oxygen atoms in total. The van der Waals surface area contributed by atoms with Crippen molar-refractivity contribution < 1.29 is 9.59 Å². The number of piperazine rings is 1. The van der Waals surface area contributed by atoms with Gasteiger partial charge in [-0.05, 0) is 25.1 Å². The van der Waals surface area contributed by atoms with Crippen LogP contribution in [0.5, 0.6) is 0 Å². The van der Waals surface area contributed by atoms with Crippen LogP contribution in [0, 0.1) is 6.92 Å². The Hall–Kier alpha value is -3.47. The molecule has 162 valence electrons. The van der Waals surface area contributed by atoms with Gasteiger partial charge in [-0.15, -0.1) is 11.3 Å². The van der Waals surface area contributed by atoms with Crippen LogP contribution in [-0.2, 0) is 18.4 Å². The molecular weight excluding hydrogens is 420 g/mol. The van der Waals surface area contributed by atoms with Crippen molar-refractivity contribution in [3.05, 3.63) is 55.3 Å². The molecule has 1 fully saturated rings. The third kappa shape index (κ3) is 3.83. The lowest BCUT2D eigenvalue weighted by atomic mass is 10.2. The fraction of sp³-hybridized carbons (Fsp3) is 0.350. The number of thiophene rings is 1. The van der Waals surface area contributed by atoms with Gasteiger partial charge in [0.05, 0.1) is 30.0 Å². The minimum Gasteiger partial charge on any atom is -0.359 e. The second kappa shape index (κ2) is 7.99. The van der Waals surface area contributed by atoms with Crippen molar-refractivity contribution in [1.82, 2.24) is 24.8 Å². The lowest BCUT2D eigenvalue weighted by Crippen LogP contribution is -2.50. The van der Waals surface area contributed by atoms with Crippen LogP contribution in [0.15, 0.2) is 27.8 Å². The lowest BCUT2D eigenvalue weighted by molar-refractivity contribution is -0.131. The minimum atomic E-state index is -0.460. The number of aryl methyl sites for hydroxylation is 1. The van der Waals surface area contributed by atoms with Crippen molar-refractivity contribution in [1.29, 1.82) is 0 Å². The number of nitrogens with zero attached hydrogens (tertiary/aromatic N) is 4. The van der Waals surface area contributed by atoms with Crippen molar-refractivity contribution in [2.45, 2.75) is 13.5 Å². The van der Waals surface area contributed by atoms with Crippen LogP contribution < -0.4 is 21.5 Å². The van der Waals surface area contributed by atoms with Crippen LogP contribution in [0.3, 0.4) is 0 Å². The Balaban J connectivity index is 1.49. The molecule has 4 heterocycles. The average Bonchev–Trinajstić information content (AvgIpc) is 3.15. The number of anilines is 1. The fourth-order valence-corrected chi connectivity index (χ4v) is 4.73. The number of H-pyrrole nitrogens is 1. The van der Waals surface area contributed by atoms with Crippen molar-refractivity contribution >= 4 is 39.1 Å². The Labute approximate surface area is 181 Å². The Morgan fingerprint density at radius 1 is 1.26 bits per heavy atom. The second-order valence-corrected chi connectivity index (χ2v) is 8.50. The second-order valence-electron chi connectivity index (χ2n) is 7.37. The fourth-order valence-electron chi connectivity index (χ4n) is 3.63. The van der Waals surface area contributed by atoms with Gasteiger partial charge in [0.2, 0.25) is 5.91 Å². The zero-order valence-corrected chi connectivity index (χ0v) is 18.2. The first-order chi connectivity index (χ1) is 14.8. The largest absolute Gasteiger partial charge is 0.359 e. The summed E-state index contributed by atoms with van der Waals surface area (Å²) in [6.07, 6.45) is 0. The molecule has 0 radical (unpaired) electrons. The van der Waals surface area contributed by atoms with Gasteiger partial charge in [0.1, 0.15) is 10.4 Å². The van der Waals surface area contributed by atoms with E-state index in [4.69, 9.17) is 0 Å². The molecule has 31 heavy (non-hydrogen) atoms. The standard InChI is InChI=1S/C20H22N6O4S/c1-11-15(5-4-13(22-11)18(28)21-2)25-6-7-26(16(27)10-25)9-12-8-14-17(31-12)19(29)24(3)20(30)23-14/h4-5,8H,6-7,9-10H2,1-3H3,(H,21,28)(H,23,30). The topological polar surface area (TPSA) is 120 Å². The summed E-state index contributed by atoms with van der Waals surface area (Å²) < 4.78 is 1.51. The number of rotatable bonds is 4. The van der Waals surface area contributed by atoms with Crippen molar-refractivity contribution in [2.75, 3.05) is 31.6 Å². The molecule has 0 unspecified atom stereocenters. The Kier molecular flexibility index (Phi) is 5.36. The molecule has 0 aliphatic carbocycles. The molecule has 0 saturated carbocycles. The van der Waals surface area contributed by atoms with E-state index in [1.165, 1.54) is 18.4 Å².